The minimum atomic E-state index is -0.331. The summed E-state index contributed by atoms with van der Waals surface area (Å²) in [6.45, 7) is 3.88. The lowest BCUT2D eigenvalue weighted by Gasteiger charge is -2.12. The molecule has 6 heteroatoms. The van der Waals surface area contributed by atoms with Gasteiger partial charge >= 0.3 is 0 Å². The third-order valence-electron chi connectivity index (χ3n) is 3.84. The molecule has 0 aliphatic heterocycles. The van der Waals surface area contributed by atoms with Crippen molar-refractivity contribution < 1.29 is 14.3 Å². The lowest BCUT2D eigenvalue weighted by atomic mass is 10.1. The van der Waals surface area contributed by atoms with Gasteiger partial charge in [0.1, 0.15) is 5.75 Å². The lowest BCUT2D eigenvalue weighted by molar-refractivity contribution is -0.115. The van der Waals surface area contributed by atoms with Crippen LogP contribution in [-0.4, -0.2) is 29.9 Å². The molecule has 1 atom stereocenters. The molecule has 0 unspecified atom stereocenters. The first kappa shape index (κ1) is 19.8. The number of ether oxygens (including phenoxy) is 1. The van der Waals surface area contributed by atoms with E-state index in [1.165, 1.54) is 17.3 Å². The Morgan fingerprint density at radius 2 is 1.58 bits per heavy atom. The fraction of sp³-hybridized carbons (Fsp3) is 0.300. The standard InChI is InChI=1S/C20H24N2O3S/c1-4-15-5-7-17(8-6-15)22-20(24)14(2)26-13-19(23)21-16-9-11-18(25-3)12-10-16/h5-12,14H,4,13H2,1-3H3,(H,21,23)(H,22,24)/t14-/m1/s1. The van der Waals surface area contributed by atoms with Crippen LogP contribution in [0, 0.1) is 0 Å². The van der Waals surface area contributed by atoms with Gasteiger partial charge in [-0.15, -0.1) is 11.8 Å². The molecule has 2 aromatic rings. The molecular weight excluding hydrogens is 348 g/mol. The van der Waals surface area contributed by atoms with E-state index in [0.29, 0.717) is 5.69 Å². The van der Waals surface area contributed by atoms with Crippen LogP contribution < -0.4 is 15.4 Å². The minimum Gasteiger partial charge on any atom is -0.497 e. The molecule has 0 saturated heterocycles. The zero-order valence-electron chi connectivity index (χ0n) is 15.2. The van der Waals surface area contributed by atoms with Crippen molar-refractivity contribution in [3.63, 3.8) is 0 Å². The van der Waals surface area contributed by atoms with Gasteiger partial charge in [-0.1, -0.05) is 19.1 Å². The quantitative estimate of drug-likeness (QED) is 0.736. The Balaban J connectivity index is 1.77. The molecule has 0 saturated carbocycles. The van der Waals surface area contributed by atoms with Crippen molar-refractivity contribution in [3.05, 3.63) is 54.1 Å². The summed E-state index contributed by atoms with van der Waals surface area (Å²) in [5.74, 6) is 0.674. The SMILES string of the molecule is CCc1ccc(NC(=O)[C@@H](C)SCC(=O)Nc2ccc(OC)cc2)cc1. The van der Waals surface area contributed by atoms with E-state index < -0.39 is 0 Å². The molecule has 0 fully saturated rings. The van der Waals surface area contributed by atoms with Gasteiger partial charge in [0.2, 0.25) is 11.8 Å². The van der Waals surface area contributed by atoms with Gasteiger partial charge in [0.05, 0.1) is 18.1 Å². The number of carbonyl (C=O) groups is 2. The Morgan fingerprint density at radius 3 is 2.15 bits per heavy atom. The second-order valence-corrected chi connectivity index (χ2v) is 7.10. The number of aryl methyl sites for hydroxylation is 1. The summed E-state index contributed by atoms with van der Waals surface area (Å²) in [4.78, 5) is 24.3. The fourth-order valence-corrected chi connectivity index (χ4v) is 2.90. The van der Waals surface area contributed by atoms with Crippen LogP contribution in [0.1, 0.15) is 19.4 Å². The molecule has 2 amide bonds. The smallest absolute Gasteiger partial charge is 0.237 e. The highest BCUT2D eigenvalue weighted by Gasteiger charge is 2.15. The lowest BCUT2D eigenvalue weighted by Crippen LogP contribution is -2.25. The predicted molar refractivity (Wildman–Crippen MR) is 108 cm³/mol. The first-order valence-corrected chi connectivity index (χ1v) is 9.52. The molecule has 2 N–H and O–H groups in total. The zero-order valence-corrected chi connectivity index (χ0v) is 16.1. The highest BCUT2D eigenvalue weighted by Crippen LogP contribution is 2.17. The van der Waals surface area contributed by atoms with Crippen LogP contribution in [-0.2, 0) is 16.0 Å². The van der Waals surface area contributed by atoms with Crippen molar-refractivity contribution in [1.82, 2.24) is 0 Å². The molecule has 0 aliphatic carbocycles. The fourth-order valence-electron chi connectivity index (χ4n) is 2.22. The molecule has 0 heterocycles. The first-order chi connectivity index (χ1) is 12.5. The first-order valence-electron chi connectivity index (χ1n) is 8.47. The van der Waals surface area contributed by atoms with Crippen molar-refractivity contribution >= 4 is 35.0 Å². The number of hydrogen-bond donors (Lipinski definition) is 2. The molecule has 0 aliphatic rings. The number of carbonyl (C=O) groups excluding carboxylic acids is 2. The van der Waals surface area contributed by atoms with Gasteiger partial charge in [-0.05, 0) is 55.3 Å². The van der Waals surface area contributed by atoms with Crippen LogP contribution in [0.15, 0.2) is 48.5 Å². The molecule has 2 aromatic carbocycles. The zero-order chi connectivity index (χ0) is 18.9. The molecule has 0 aromatic heterocycles. The Hall–Kier alpha value is -2.47. The van der Waals surface area contributed by atoms with Gasteiger partial charge in [-0.3, -0.25) is 9.59 Å². The van der Waals surface area contributed by atoms with Gasteiger partial charge in [-0.2, -0.15) is 0 Å². The van der Waals surface area contributed by atoms with Crippen LogP contribution in [0.5, 0.6) is 5.75 Å². The highest BCUT2D eigenvalue weighted by atomic mass is 32.2. The van der Waals surface area contributed by atoms with Gasteiger partial charge in [0.15, 0.2) is 0 Å². The molecule has 2 rings (SSSR count). The summed E-state index contributed by atoms with van der Waals surface area (Å²) in [6.07, 6.45) is 0.962. The molecular formula is C20H24N2O3S. The van der Waals surface area contributed by atoms with Crippen molar-refractivity contribution in [2.45, 2.75) is 25.5 Å². The van der Waals surface area contributed by atoms with Crippen molar-refractivity contribution in [1.29, 1.82) is 0 Å². The van der Waals surface area contributed by atoms with Crippen LogP contribution in [0.3, 0.4) is 0 Å². The number of methoxy groups -OCH3 is 1. The monoisotopic (exact) mass is 372 g/mol. The normalized spacial score (nSPS) is 11.5. The number of anilines is 2. The number of rotatable bonds is 8. The van der Waals surface area contributed by atoms with Crippen LogP contribution in [0.4, 0.5) is 11.4 Å². The summed E-state index contributed by atoms with van der Waals surface area (Å²) >= 11 is 1.30. The summed E-state index contributed by atoms with van der Waals surface area (Å²) < 4.78 is 5.08. The van der Waals surface area contributed by atoms with Crippen molar-refractivity contribution in [2.24, 2.45) is 0 Å². The topological polar surface area (TPSA) is 67.4 Å². The van der Waals surface area contributed by atoms with E-state index >= 15 is 0 Å². The maximum Gasteiger partial charge on any atom is 0.237 e. The molecule has 0 bridgehead atoms. The number of benzene rings is 2. The van der Waals surface area contributed by atoms with Gasteiger partial charge in [0, 0.05) is 11.4 Å². The van der Waals surface area contributed by atoms with E-state index in [-0.39, 0.29) is 22.8 Å². The average molecular weight is 372 g/mol. The average Bonchev–Trinajstić information content (AvgIpc) is 2.67. The molecule has 5 nitrogen and oxygen atoms in total. The van der Waals surface area contributed by atoms with Gasteiger partial charge in [0.25, 0.3) is 0 Å². The summed E-state index contributed by atoms with van der Waals surface area (Å²) in [5, 5.41) is 5.35. The Bertz CT molecular complexity index is 730. The molecule has 0 radical (unpaired) electrons. The Morgan fingerprint density at radius 1 is 1.00 bits per heavy atom. The number of thioether (sulfide) groups is 1. The number of nitrogens with one attached hydrogen (secondary N) is 2. The second-order valence-electron chi connectivity index (χ2n) is 5.77. The summed E-state index contributed by atoms with van der Waals surface area (Å²) in [7, 11) is 1.59. The number of amides is 2. The third-order valence-corrected chi connectivity index (χ3v) is 4.98. The van der Waals surface area contributed by atoms with E-state index in [2.05, 4.69) is 17.6 Å². The summed E-state index contributed by atoms with van der Waals surface area (Å²) in [6, 6.07) is 14.9. The second kappa shape index (κ2) is 9.87. The van der Waals surface area contributed by atoms with E-state index in [9.17, 15) is 9.59 Å². The molecule has 0 spiro atoms. The molecule has 26 heavy (non-hydrogen) atoms. The Labute approximate surface area is 158 Å². The van der Waals surface area contributed by atoms with Gasteiger partial charge < -0.3 is 15.4 Å². The van der Waals surface area contributed by atoms with E-state index in [1.807, 2.05) is 24.3 Å². The maximum absolute atomic E-state index is 12.2. The molecule has 138 valence electrons. The van der Waals surface area contributed by atoms with Crippen LogP contribution in [0.25, 0.3) is 0 Å². The third kappa shape index (κ3) is 6.11. The van der Waals surface area contributed by atoms with Crippen LogP contribution in [0.2, 0.25) is 0 Å². The maximum atomic E-state index is 12.2. The van der Waals surface area contributed by atoms with E-state index in [0.717, 1.165) is 17.9 Å². The predicted octanol–water partition coefficient (Wildman–Crippen LogP) is 3.96. The Kier molecular flexibility index (Phi) is 7.53. The van der Waals surface area contributed by atoms with Crippen molar-refractivity contribution in [2.75, 3.05) is 23.5 Å². The summed E-state index contributed by atoms with van der Waals surface area (Å²) in [5.41, 5.74) is 2.69. The van der Waals surface area contributed by atoms with E-state index in [1.54, 1.807) is 38.3 Å². The number of hydrogen-bond acceptors (Lipinski definition) is 4. The minimum absolute atomic E-state index is 0.114. The highest BCUT2D eigenvalue weighted by molar-refractivity contribution is 8.01. The van der Waals surface area contributed by atoms with E-state index in [4.69, 9.17) is 4.74 Å². The van der Waals surface area contributed by atoms with Crippen molar-refractivity contribution in [3.8, 4) is 5.75 Å². The van der Waals surface area contributed by atoms with Gasteiger partial charge in [-0.25, -0.2) is 0 Å². The van der Waals surface area contributed by atoms with Crippen LogP contribution >= 0.6 is 11.8 Å². The largest absolute Gasteiger partial charge is 0.497 e.